The van der Waals surface area contributed by atoms with E-state index in [1.807, 2.05) is 12.1 Å². The fraction of sp³-hybridized carbons (Fsp3) is 0.125. The van der Waals surface area contributed by atoms with Gasteiger partial charge in [-0.05, 0) is 36.4 Å². The molecule has 0 unspecified atom stereocenters. The van der Waals surface area contributed by atoms with Crippen molar-refractivity contribution in [1.29, 1.82) is 5.26 Å². The number of nitrogens with zero attached hydrogens (tertiary/aromatic N) is 2. The van der Waals surface area contributed by atoms with Gasteiger partial charge in [-0.25, -0.2) is 4.98 Å². The molecule has 0 amide bonds. The van der Waals surface area contributed by atoms with Crippen LogP contribution >= 0.6 is 0 Å². The van der Waals surface area contributed by atoms with Gasteiger partial charge < -0.3 is 13.9 Å². The Balaban J connectivity index is 2.02. The molecule has 3 rings (SSSR count). The number of fused-ring (bicyclic) bond motifs is 1. The fourth-order valence-corrected chi connectivity index (χ4v) is 2.03. The molecule has 104 valence electrons. The van der Waals surface area contributed by atoms with Crippen LogP contribution in [-0.2, 0) is 0 Å². The van der Waals surface area contributed by atoms with Crippen LogP contribution in [0.1, 0.15) is 11.5 Å². The lowest BCUT2D eigenvalue weighted by atomic mass is 10.2. The molecule has 1 heterocycles. The molecule has 5 heteroatoms. The van der Waals surface area contributed by atoms with Crippen molar-refractivity contribution in [2.24, 2.45) is 0 Å². The third-order valence-corrected chi connectivity index (χ3v) is 3.02. The lowest BCUT2D eigenvalue weighted by Gasteiger charge is -2.07. The first-order chi connectivity index (χ1) is 10.2. The number of rotatable bonds is 3. The highest BCUT2D eigenvalue weighted by Gasteiger charge is 2.14. The molecule has 0 saturated carbocycles. The van der Waals surface area contributed by atoms with Crippen LogP contribution in [0, 0.1) is 18.3 Å². The van der Waals surface area contributed by atoms with Crippen molar-refractivity contribution in [2.45, 2.75) is 6.92 Å². The highest BCUT2D eigenvalue weighted by atomic mass is 16.5. The van der Waals surface area contributed by atoms with E-state index in [1.165, 1.54) is 0 Å². The second-order valence-electron chi connectivity index (χ2n) is 4.41. The number of oxazole rings is 1. The molecule has 0 fully saturated rings. The highest BCUT2D eigenvalue weighted by molar-refractivity contribution is 5.85. The molecule has 0 atom stereocenters. The molecule has 0 aliphatic heterocycles. The quantitative estimate of drug-likeness (QED) is 0.729. The van der Waals surface area contributed by atoms with E-state index in [-0.39, 0.29) is 0 Å². The number of hydrogen-bond acceptors (Lipinski definition) is 5. The number of hydrogen-bond donors (Lipinski definition) is 0. The van der Waals surface area contributed by atoms with E-state index in [0.717, 1.165) is 5.75 Å². The molecule has 0 aliphatic carbocycles. The van der Waals surface area contributed by atoms with Gasteiger partial charge in [0.1, 0.15) is 17.6 Å². The first-order valence-corrected chi connectivity index (χ1v) is 6.33. The molecule has 3 aromatic rings. The Hall–Kier alpha value is -3.00. The average Bonchev–Trinajstić information content (AvgIpc) is 2.90. The summed E-state index contributed by atoms with van der Waals surface area (Å²) >= 11 is 0. The molecule has 5 nitrogen and oxygen atoms in total. The van der Waals surface area contributed by atoms with Gasteiger partial charge in [0.2, 0.25) is 0 Å². The zero-order chi connectivity index (χ0) is 14.8. The molecule has 0 N–H and O–H groups in total. The van der Waals surface area contributed by atoms with Crippen molar-refractivity contribution < 1.29 is 13.9 Å². The molecular formula is C16H12N2O3. The predicted octanol–water partition coefficient (Wildman–Crippen LogP) is 3.81. The van der Waals surface area contributed by atoms with Crippen molar-refractivity contribution in [3.63, 3.8) is 0 Å². The van der Waals surface area contributed by atoms with E-state index < -0.39 is 0 Å². The molecule has 21 heavy (non-hydrogen) atoms. The minimum absolute atomic E-state index is 0.438. The number of benzene rings is 2. The van der Waals surface area contributed by atoms with Gasteiger partial charge in [0, 0.05) is 6.92 Å². The van der Waals surface area contributed by atoms with Crippen molar-refractivity contribution in [1.82, 2.24) is 4.98 Å². The monoisotopic (exact) mass is 280 g/mol. The van der Waals surface area contributed by atoms with Gasteiger partial charge in [0.25, 0.3) is 0 Å². The molecule has 0 spiro atoms. The maximum Gasteiger partial charge on any atom is 0.192 e. The number of nitriles is 1. The van der Waals surface area contributed by atoms with Crippen molar-refractivity contribution in [3.05, 3.63) is 47.9 Å². The number of methoxy groups -OCH3 is 1. The van der Waals surface area contributed by atoms with Crippen LogP contribution in [0.2, 0.25) is 0 Å². The Kier molecular flexibility index (Phi) is 3.20. The minimum Gasteiger partial charge on any atom is -0.497 e. The summed E-state index contributed by atoms with van der Waals surface area (Å²) in [5.74, 6) is 2.45. The summed E-state index contributed by atoms with van der Waals surface area (Å²) < 4.78 is 16.4. The maximum atomic E-state index is 9.09. The minimum atomic E-state index is 0.438. The van der Waals surface area contributed by atoms with Crippen LogP contribution < -0.4 is 9.47 Å². The molecular weight excluding hydrogens is 268 g/mol. The maximum absolute atomic E-state index is 9.09. The van der Waals surface area contributed by atoms with Crippen LogP contribution in [0.15, 0.2) is 40.8 Å². The number of ether oxygens (including phenoxy) is 2. The van der Waals surface area contributed by atoms with Crippen molar-refractivity contribution >= 4 is 11.1 Å². The third kappa shape index (κ3) is 2.39. The van der Waals surface area contributed by atoms with Crippen molar-refractivity contribution in [3.8, 4) is 23.3 Å². The summed E-state index contributed by atoms with van der Waals surface area (Å²) in [5.41, 5.74) is 1.43. The average molecular weight is 280 g/mol. The van der Waals surface area contributed by atoms with E-state index >= 15 is 0 Å². The molecule has 1 aromatic heterocycles. The summed E-state index contributed by atoms with van der Waals surface area (Å²) in [4.78, 5) is 4.28. The normalized spacial score (nSPS) is 10.3. The van der Waals surface area contributed by atoms with Gasteiger partial charge in [-0.15, -0.1) is 0 Å². The lowest BCUT2D eigenvalue weighted by Crippen LogP contribution is -1.88. The van der Waals surface area contributed by atoms with Gasteiger partial charge in [-0.3, -0.25) is 0 Å². The molecule has 0 radical (unpaired) electrons. The fourth-order valence-electron chi connectivity index (χ4n) is 2.03. The zero-order valence-corrected chi connectivity index (χ0v) is 11.6. The Morgan fingerprint density at radius 3 is 2.48 bits per heavy atom. The van der Waals surface area contributed by atoms with Crippen LogP contribution in [0.5, 0.6) is 17.2 Å². The first-order valence-electron chi connectivity index (χ1n) is 6.33. The second-order valence-corrected chi connectivity index (χ2v) is 4.41. The summed E-state index contributed by atoms with van der Waals surface area (Å²) in [5, 5.41) is 9.09. The smallest absolute Gasteiger partial charge is 0.192 e. The van der Waals surface area contributed by atoms with Gasteiger partial charge in [0.15, 0.2) is 22.7 Å². The van der Waals surface area contributed by atoms with Gasteiger partial charge in [-0.2, -0.15) is 5.26 Å². The van der Waals surface area contributed by atoms with Crippen LogP contribution in [0.25, 0.3) is 11.1 Å². The topological polar surface area (TPSA) is 68.3 Å². The molecule has 2 aromatic carbocycles. The largest absolute Gasteiger partial charge is 0.497 e. The van der Waals surface area contributed by atoms with E-state index in [1.54, 1.807) is 38.3 Å². The predicted molar refractivity (Wildman–Crippen MR) is 76.5 cm³/mol. The summed E-state index contributed by atoms with van der Waals surface area (Å²) in [6.07, 6.45) is 0. The molecule has 0 aliphatic rings. The summed E-state index contributed by atoms with van der Waals surface area (Å²) in [6, 6.07) is 12.7. The first kappa shape index (κ1) is 13.0. The van der Waals surface area contributed by atoms with Crippen LogP contribution in [0.3, 0.4) is 0 Å². The third-order valence-electron chi connectivity index (χ3n) is 3.02. The van der Waals surface area contributed by atoms with Gasteiger partial charge in [-0.1, -0.05) is 0 Å². The van der Waals surface area contributed by atoms with E-state index in [2.05, 4.69) is 11.1 Å². The van der Waals surface area contributed by atoms with E-state index in [9.17, 15) is 0 Å². The lowest BCUT2D eigenvalue weighted by molar-refractivity contribution is 0.413. The number of aromatic nitrogens is 1. The van der Waals surface area contributed by atoms with E-state index in [0.29, 0.717) is 34.1 Å². The SMILES string of the molecule is COc1ccc(Oc2ccc(C#N)c3oc(C)nc23)cc1. The van der Waals surface area contributed by atoms with Crippen LogP contribution in [-0.4, -0.2) is 12.1 Å². The summed E-state index contributed by atoms with van der Waals surface area (Å²) in [6.45, 7) is 1.73. The van der Waals surface area contributed by atoms with Crippen LogP contribution in [0.4, 0.5) is 0 Å². The standard InChI is InChI=1S/C16H12N2O3/c1-10-18-15-14(8-3-11(9-17)16(15)20-10)21-13-6-4-12(19-2)5-7-13/h3-8H,1-2H3. The Labute approximate surface area is 121 Å². The van der Waals surface area contributed by atoms with Crippen molar-refractivity contribution in [2.75, 3.05) is 7.11 Å². The molecule has 0 bridgehead atoms. The Morgan fingerprint density at radius 2 is 1.81 bits per heavy atom. The van der Waals surface area contributed by atoms with Gasteiger partial charge >= 0.3 is 0 Å². The zero-order valence-electron chi connectivity index (χ0n) is 11.6. The molecule has 0 saturated heterocycles. The Morgan fingerprint density at radius 1 is 1.10 bits per heavy atom. The highest BCUT2D eigenvalue weighted by Crippen LogP contribution is 2.32. The van der Waals surface area contributed by atoms with E-state index in [4.69, 9.17) is 19.2 Å². The number of aryl methyl sites for hydroxylation is 1. The Bertz CT molecular complexity index is 829. The second kappa shape index (κ2) is 5.17. The summed E-state index contributed by atoms with van der Waals surface area (Å²) in [7, 11) is 1.61. The van der Waals surface area contributed by atoms with Gasteiger partial charge in [0.05, 0.1) is 12.7 Å².